The average molecular weight is 239 g/mol. The number of nitrogens with zero attached hydrogens (tertiary/aromatic N) is 1. The van der Waals surface area contributed by atoms with Gasteiger partial charge < -0.3 is 4.74 Å². The van der Waals surface area contributed by atoms with E-state index in [0.717, 1.165) is 5.56 Å². The first-order valence-electron chi connectivity index (χ1n) is 5.69. The van der Waals surface area contributed by atoms with Gasteiger partial charge in [0.1, 0.15) is 6.04 Å². The maximum Gasteiger partial charge on any atom is 0.323 e. The molecule has 0 aliphatic rings. The normalized spacial score (nSPS) is 15.4. The minimum atomic E-state index is -0.350. The number of hydrogen-bond donors (Lipinski definition) is 2. The van der Waals surface area contributed by atoms with Gasteiger partial charge in [-0.15, -0.1) is 0 Å². The topological polar surface area (TPSA) is 67.0 Å². The van der Waals surface area contributed by atoms with E-state index in [9.17, 15) is 4.79 Å². The van der Waals surface area contributed by atoms with Crippen LogP contribution in [0.5, 0.6) is 0 Å². The fraction of sp³-hybridized carbons (Fsp3) is 0.667. The van der Waals surface area contributed by atoms with E-state index >= 15 is 0 Å². The Hall–Kier alpha value is -1.36. The van der Waals surface area contributed by atoms with Gasteiger partial charge in [0, 0.05) is 17.8 Å². The summed E-state index contributed by atoms with van der Waals surface area (Å²) in [4.78, 5) is 11.8. The lowest BCUT2D eigenvalue weighted by Gasteiger charge is -2.31. The molecule has 96 valence electrons. The molecule has 5 heteroatoms. The zero-order valence-corrected chi connectivity index (χ0v) is 11.1. The minimum Gasteiger partial charge on any atom is -0.468 e. The summed E-state index contributed by atoms with van der Waals surface area (Å²) in [6.07, 6.45) is 3.56. The molecule has 0 aromatic carbocycles. The highest BCUT2D eigenvalue weighted by atomic mass is 16.5. The van der Waals surface area contributed by atoms with Gasteiger partial charge in [-0.2, -0.15) is 5.10 Å². The molecule has 0 bridgehead atoms. The molecule has 2 atom stereocenters. The molecule has 0 fully saturated rings. The Morgan fingerprint density at radius 3 is 2.59 bits per heavy atom. The van der Waals surface area contributed by atoms with Crippen molar-refractivity contribution in [2.75, 3.05) is 7.11 Å². The molecule has 1 aromatic rings. The molecular weight excluding hydrogens is 218 g/mol. The lowest BCUT2D eigenvalue weighted by atomic mass is 9.86. The van der Waals surface area contributed by atoms with Gasteiger partial charge >= 0.3 is 5.97 Å². The summed E-state index contributed by atoms with van der Waals surface area (Å²) < 4.78 is 4.83. The number of rotatable bonds is 4. The van der Waals surface area contributed by atoms with Crippen LogP contribution in [0, 0.1) is 5.41 Å². The molecule has 17 heavy (non-hydrogen) atoms. The van der Waals surface area contributed by atoms with Crippen LogP contribution >= 0.6 is 0 Å². The summed E-state index contributed by atoms with van der Waals surface area (Å²) in [6.45, 7) is 8.00. The zero-order valence-electron chi connectivity index (χ0n) is 11.1. The summed E-state index contributed by atoms with van der Waals surface area (Å²) in [7, 11) is 1.41. The van der Waals surface area contributed by atoms with Crippen LogP contribution in [0.15, 0.2) is 12.4 Å². The fourth-order valence-corrected chi connectivity index (χ4v) is 1.63. The Balaban J connectivity index is 2.77. The van der Waals surface area contributed by atoms with Gasteiger partial charge in [0.15, 0.2) is 0 Å². The van der Waals surface area contributed by atoms with Crippen LogP contribution in [0.4, 0.5) is 0 Å². The van der Waals surface area contributed by atoms with Crippen LogP contribution in [0.3, 0.4) is 0 Å². The Morgan fingerprint density at radius 2 is 2.18 bits per heavy atom. The van der Waals surface area contributed by atoms with Gasteiger partial charge in [-0.25, -0.2) is 0 Å². The smallest absolute Gasteiger partial charge is 0.323 e. The highest BCUT2D eigenvalue weighted by Gasteiger charge is 2.33. The molecule has 0 amide bonds. The quantitative estimate of drug-likeness (QED) is 0.784. The van der Waals surface area contributed by atoms with Crippen LogP contribution in [0.1, 0.15) is 39.3 Å². The van der Waals surface area contributed by atoms with Gasteiger partial charge in [-0.3, -0.25) is 15.2 Å². The Labute approximate surface area is 102 Å². The second-order valence-electron chi connectivity index (χ2n) is 5.24. The van der Waals surface area contributed by atoms with Crippen molar-refractivity contribution in [2.45, 2.75) is 39.8 Å². The first kappa shape index (κ1) is 13.7. The highest BCUT2D eigenvalue weighted by molar-refractivity contribution is 5.76. The number of ether oxygens (including phenoxy) is 1. The summed E-state index contributed by atoms with van der Waals surface area (Å²) in [5, 5.41) is 9.93. The summed E-state index contributed by atoms with van der Waals surface area (Å²) in [5.74, 6) is -0.243. The zero-order chi connectivity index (χ0) is 13.1. The average Bonchev–Trinajstić information content (AvgIpc) is 2.76. The van der Waals surface area contributed by atoms with Gasteiger partial charge in [-0.1, -0.05) is 20.8 Å². The maximum absolute atomic E-state index is 11.8. The summed E-state index contributed by atoms with van der Waals surface area (Å²) >= 11 is 0. The molecule has 1 unspecified atom stereocenters. The van der Waals surface area contributed by atoms with Gasteiger partial charge in [0.05, 0.1) is 13.3 Å². The van der Waals surface area contributed by atoms with E-state index in [4.69, 9.17) is 4.74 Å². The van der Waals surface area contributed by atoms with E-state index in [1.165, 1.54) is 7.11 Å². The lowest BCUT2D eigenvalue weighted by Crippen LogP contribution is -2.47. The van der Waals surface area contributed by atoms with Crippen molar-refractivity contribution in [3.63, 3.8) is 0 Å². The van der Waals surface area contributed by atoms with Crippen LogP contribution in [-0.4, -0.2) is 29.3 Å². The Kier molecular flexibility index (Phi) is 4.28. The number of aromatic amines is 1. The van der Waals surface area contributed by atoms with Crippen molar-refractivity contribution in [1.29, 1.82) is 0 Å². The molecule has 0 saturated carbocycles. The number of hydrogen-bond acceptors (Lipinski definition) is 4. The van der Waals surface area contributed by atoms with Crippen LogP contribution in [0.25, 0.3) is 0 Å². The molecule has 0 aliphatic carbocycles. The molecule has 1 rings (SSSR count). The molecular formula is C12H21N3O2. The molecule has 2 N–H and O–H groups in total. The van der Waals surface area contributed by atoms with Crippen molar-refractivity contribution in [1.82, 2.24) is 15.5 Å². The molecule has 1 aromatic heterocycles. The van der Waals surface area contributed by atoms with E-state index in [-0.39, 0.29) is 23.5 Å². The number of aromatic nitrogens is 2. The van der Waals surface area contributed by atoms with Crippen LogP contribution in [0.2, 0.25) is 0 Å². The van der Waals surface area contributed by atoms with Crippen molar-refractivity contribution >= 4 is 5.97 Å². The predicted octanol–water partition coefficient (Wildman–Crippen LogP) is 1.65. The van der Waals surface area contributed by atoms with Gasteiger partial charge in [0.2, 0.25) is 0 Å². The summed E-state index contributed by atoms with van der Waals surface area (Å²) in [6, 6.07) is -0.311. The lowest BCUT2D eigenvalue weighted by molar-refractivity contribution is -0.146. The van der Waals surface area contributed by atoms with Crippen molar-refractivity contribution in [2.24, 2.45) is 5.41 Å². The van der Waals surface area contributed by atoms with E-state index in [2.05, 4.69) is 15.5 Å². The third-order valence-electron chi connectivity index (χ3n) is 2.74. The molecule has 5 nitrogen and oxygen atoms in total. The number of nitrogens with one attached hydrogen (secondary N) is 2. The van der Waals surface area contributed by atoms with E-state index in [1.807, 2.05) is 33.9 Å². The van der Waals surface area contributed by atoms with Crippen molar-refractivity contribution in [3.8, 4) is 0 Å². The number of carbonyl (C=O) groups excluding carboxylic acids is 1. The van der Waals surface area contributed by atoms with Gasteiger partial charge in [0.25, 0.3) is 0 Å². The van der Waals surface area contributed by atoms with E-state index in [0.29, 0.717) is 0 Å². The maximum atomic E-state index is 11.8. The van der Waals surface area contributed by atoms with E-state index in [1.54, 1.807) is 6.20 Å². The van der Waals surface area contributed by atoms with Crippen LogP contribution < -0.4 is 5.32 Å². The largest absolute Gasteiger partial charge is 0.468 e. The van der Waals surface area contributed by atoms with E-state index < -0.39 is 0 Å². The Morgan fingerprint density at radius 1 is 1.53 bits per heavy atom. The van der Waals surface area contributed by atoms with Gasteiger partial charge in [-0.05, 0) is 12.3 Å². The molecule has 0 saturated heterocycles. The van der Waals surface area contributed by atoms with Crippen molar-refractivity contribution in [3.05, 3.63) is 18.0 Å². The molecule has 0 aliphatic heterocycles. The number of carbonyl (C=O) groups is 1. The summed E-state index contributed by atoms with van der Waals surface area (Å²) in [5.41, 5.74) is 0.814. The number of H-pyrrole nitrogens is 1. The third kappa shape index (κ3) is 3.56. The second-order valence-corrected chi connectivity index (χ2v) is 5.24. The van der Waals surface area contributed by atoms with Crippen molar-refractivity contribution < 1.29 is 9.53 Å². The standard InChI is InChI=1S/C12H21N3O2/c1-8(9-6-13-14-7-9)15-10(11(16)17-5)12(2,3)4/h6-8,10,15H,1-5H3,(H,13,14)/t8?,10-/m1/s1. The minimum absolute atomic E-state index is 0.0390. The third-order valence-corrected chi connectivity index (χ3v) is 2.74. The second kappa shape index (κ2) is 5.31. The monoisotopic (exact) mass is 239 g/mol. The fourth-order valence-electron chi connectivity index (χ4n) is 1.63. The molecule has 0 spiro atoms. The molecule has 0 radical (unpaired) electrons. The highest BCUT2D eigenvalue weighted by Crippen LogP contribution is 2.23. The first-order chi connectivity index (χ1) is 7.86. The molecule has 1 heterocycles. The predicted molar refractivity (Wildman–Crippen MR) is 65.4 cm³/mol. The first-order valence-corrected chi connectivity index (χ1v) is 5.69. The Bertz CT molecular complexity index is 354. The van der Waals surface area contributed by atoms with Crippen LogP contribution in [-0.2, 0) is 9.53 Å². The number of esters is 1. The SMILES string of the molecule is COC(=O)[C@@H](NC(C)c1cn[nH]c1)C(C)(C)C. The number of methoxy groups -OCH3 is 1.